The van der Waals surface area contributed by atoms with E-state index < -0.39 is 11.7 Å². The van der Waals surface area contributed by atoms with Crippen molar-refractivity contribution in [2.24, 2.45) is 11.7 Å². The van der Waals surface area contributed by atoms with Gasteiger partial charge in [0.05, 0.1) is 0 Å². The first kappa shape index (κ1) is 13.8. The highest BCUT2D eigenvalue weighted by Crippen LogP contribution is 2.19. The van der Waals surface area contributed by atoms with Gasteiger partial charge < -0.3 is 10.5 Å². The molecule has 106 valence electrons. The number of nitrogens with two attached hydrogens (primary N) is 1. The molecule has 7 nitrogen and oxygen atoms in total. The minimum atomic E-state index is -0.536. The number of nitrogens with zero attached hydrogens (tertiary/aromatic N) is 3. The van der Waals surface area contributed by atoms with E-state index in [1.54, 1.807) is 0 Å². The molecule has 1 amide bonds. The first-order valence-electron chi connectivity index (χ1n) is 6.51. The van der Waals surface area contributed by atoms with Crippen LogP contribution in [0.4, 0.5) is 10.7 Å². The zero-order valence-electron chi connectivity index (χ0n) is 11.6. The molecule has 1 aliphatic heterocycles. The van der Waals surface area contributed by atoms with Crippen molar-refractivity contribution in [1.82, 2.24) is 14.8 Å². The van der Waals surface area contributed by atoms with E-state index in [4.69, 9.17) is 10.5 Å². The van der Waals surface area contributed by atoms with Crippen molar-refractivity contribution in [2.75, 3.05) is 11.9 Å². The van der Waals surface area contributed by atoms with Crippen LogP contribution in [0, 0.1) is 5.92 Å². The number of anilines is 1. The van der Waals surface area contributed by atoms with Gasteiger partial charge in [-0.25, -0.2) is 9.48 Å². The van der Waals surface area contributed by atoms with Gasteiger partial charge >= 0.3 is 6.09 Å². The van der Waals surface area contributed by atoms with E-state index in [0.29, 0.717) is 18.4 Å². The molecule has 2 rings (SSSR count). The quantitative estimate of drug-likeness (QED) is 0.838. The molecule has 1 aliphatic rings. The fourth-order valence-electron chi connectivity index (χ4n) is 2.01. The molecule has 1 aromatic rings. The molecule has 2 heterocycles. The topological polar surface area (TPSA) is 95.1 Å². The maximum absolute atomic E-state index is 11.6. The third kappa shape index (κ3) is 3.66. The lowest BCUT2D eigenvalue weighted by Crippen LogP contribution is -2.28. The van der Waals surface area contributed by atoms with E-state index >= 15 is 0 Å². The molecule has 0 bridgehead atoms. The second-order valence-electron chi connectivity index (χ2n) is 5.80. The van der Waals surface area contributed by atoms with Gasteiger partial charge in [-0.2, -0.15) is 4.98 Å². The van der Waals surface area contributed by atoms with Gasteiger partial charge in [-0.3, -0.25) is 5.32 Å². The van der Waals surface area contributed by atoms with E-state index in [1.165, 1.54) is 0 Å². The normalized spacial score (nSPS) is 18.8. The second-order valence-corrected chi connectivity index (χ2v) is 5.80. The minimum absolute atomic E-state index is 0.293. The molecule has 0 saturated heterocycles. The Balaban J connectivity index is 2.00. The molecule has 1 aromatic heterocycles. The van der Waals surface area contributed by atoms with Crippen LogP contribution in [0.25, 0.3) is 0 Å². The molecule has 1 atom stereocenters. The molecule has 0 aliphatic carbocycles. The van der Waals surface area contributed by atoms with Gasteiger partial charge in [0.1, 0.15) is 11.4 Å². The van der Waals surface area contributed by atoms with Crippen molar-refractivity contribution in [3.63, 3.8) is 0 Å². The average molecular weight is 267 g/mol. The SMILES string of the molecule is CC(C)(C)OC(=O)Nc1nc2n(n1)CC(CN)CC2. The van der Waals surface area contributed by atoms with Crippen LogP contribution in [0.3, 0.4) is 0 Å². The molecule has 0 aromatic carbocycles. The highest BCUT2D eigenvalue weighted by atomic mass is 16.6. The summed E-state index contributed by atoms with van der Waals surface area (Å²) < 4.78 is 6.97. The van der Waals surface area contributed by atoms with Crippen LogP contribution in [-0.2, 0) is 17.7 Å². The van der Waals surface area contributed by atoms with Gasteiger partial charge in [0.25, 0.3) is 5.95 Å². The summed E-state index contributed by atoms with van der Waals surface area (Å²) in [5, 5.41) is 6.81. The van der Waals surface area contributed by atoms with E-state index in [2.05, 4.69) is 15.4 Å². The first-order chi connectivity index (χ1) is 8.87. The maximum Gasteiger partial charge on any atom is 0.414 e. The summed E-state index contributed by atoms with van der Waals surface area (Å²) in [6.07, 6.45) is 1.32. The highest BCUT2D eigenvalue weighted by molar-refractivity contribution is 5.82. The Hall–Kier alpha value is -1.63. The molecule has 19 heavy (non-hydrogen) atoms. The number of aryl methyl sites for hydroxylation is 1. The van der Waals surface area contributed by atoms with Gasteiger partial charge in [0.2, 0.25) is 0 Å². The summed E-state index contributed by atoms with van der Waals surface area (Å²) in [5.41, 5.74) is 5.13. The molecular formula is C12H21N5O2. The van der Waals surface area contributed by atoms with E-state index in [9.17, 15) is 4.79 Å². The number of ether oxygens (including phenoxy) is 1. The monoisotopic (exact) mass is 267 g/mol. The Morgan fingerprint density at radius 1 is 1.58 bits per heavy atom. The van der Waals surface area contributed by atoms with Gasteiger partial charge in [0, 0.05) is 13.0 Å². The van der Waals surface area contributed by atoms with E-state index in [0.717, 1.165) is 25.2 Å². The van der Waals surface area contributed by atoms with Crippen molar-refractivity contribution in [3.8, 4) is 0 Å². The predicted octanol–water partition coefficient (Wildman–Crippen LogP) is 1.15. The zero-order chi connectivity index (χ0) is 14.0. The Kier molecular flexibility index (Phi) is 3.75. The molecular weight excluding hydrogens is 246 g/mol. The number of aromatic nitrogens is 3. The van der Waals surface area contributed by atoms with Crippen molar-refractivity contribution < 1.29 is 9.53 Å². The van der Waals surface area contributed by atoms with Crippen LogP contribution >= 0.6 is 0 Å². The first-order valence-corrected chi connectivity index (χ1v) is 6.51. The van der Waals surface area contributed by atoms with Gasteiger partial charge in [-0.1, -0.05) is 0 Å². The van der Waals surface area contributed by atoms with Crippen molar-refractivity contribution in [1.29, 1.82) is 0 Å². The summed E-state index contributed by atoms with van der Waals surface area (Å²) in [4.78, 5) is 15.9. The van der Waals surface area contributed by atoms with Crippen molar-refractivity contribution >= 4 is 12.0 Å². The lowest BCUT2D eigenvalue weighted by atomic mass is 10.0. The van der Waals surface area contributed by atoms with Gasteiger partial charge in [-0.05, 0) is 39.7 Å². The number of carbonyl (C=O) groups excluding carboxylic acids is 1. The van der Waals surface area contributed by atoms with Crippen molar-refractivity contribution in [3.05, 3.63) is 5.82 Å². The molecule has 0 spiro atoms. The largest absolute Gasteiger partial charge is 0.444 e. The van der Waals surface area contributed by atoms with Gasteiger partial charge in [0.15, 0.2) is 0 Å². The minimum Gasteiger partial charge on any atom is -0.444 e. The third-order valence-electron chi connectivity index (χ3n) is 2.90. The number of hydrogen-bond acceptors (Lipinski definition) is 5. The number of nitrogens with one attached hydrogen (secondary N) is 1. The number of amides is 1. The summed E-state index contributed by atoms with van der Waals surface area (Å²) in [6, 6.07) is 0. The smallest absolute Gasteiger partial charge is 0.414 e. The standard InChI is InChI=1S/C12H21N5O2/c1-12(2,3)19-11(18)15-10-14-9-5-4-8(6-13)7-17(9)16-10/h8H,4-7,13H2,1-3H3,(H,15,16,18). The summed E-state index contributed by atoms with van der Waals surface area (Å²) in [7, 11) is 0. The van der Waals surface area contributed by atoms with E-state index in [1.807, 2.05) is 25.5 Å². The fraction of sp³-hybridized carbons (Fsp3) is 0.750. The molecule has 0 saturated carbocycles. The van der Waals surface area contributed by atoms with Crippen LogP contribution in [0.1, 0.15) is 33.0 Å². The molecule has 3 N–H and O–H groups in total. The summed E-state index contributed by atoms with van der Waals surface area (Å²) >= 11 is 0. The Morgan fingerprint density at radius 2 is 2.32 bits per heavy atom. The molecule has 0 radical (unpaired) electrons. The van der Waals surface area contributed by atoms with Crippen molar-refractivity contribution in [2.45, 2.75) is 45.8 Å². The second kappa shape index (κ2) is 5.16. The molecule has 0 fully saturated rings. The van der Waals surface area contributed by atoms with Crippen LogP contribution < -0.4 is 11.1 Å². The maximum atomic E-state index is 11.6. The third-order valence-corrected chi connectivity index (χ3v) is 2.90. The van der Waals surface area contributed by atoms with Crippen LogP contribution in [0.5, 0.6) is 0 Å². The highest BCUT2D eigenvalue weighted by Gasteiger charge is 2.22. The van der Waals surface area contributed by atoms with E-state index in [-0.39, 0.29) is 0 Å². The lowest BCUT2D eigenvalue weighted by molar-refractivity contribution is 0.0634. The summed E-state index contributed by atoms with van der Waals surface area (Å²) in [5.74, 6) is 1.61. The fourth-order valence-corrected chi connectivity index (χ4v) is 2.01. The Morgan fingerprint density at radius 3 is 2.95 bits per heavy atom. The van der Waals surface area contributed by atoms with Crippen LogP contribution in [-0.4, -0.2) is 33.0 Å². The average Bonchev–Trinajstić information content (AvgIpc) is 2.66. The molecule has 7 heteroatoms. The Labute approximate surface area is 112 Å². The lowest BCUT2D eigenvalue weighted by Gasteiger charge is -2.20. The summed E-state index contributed by atoms with van der Waals surface area (Å²) in [6.45, 7) is 6.83. The molecule has 1 unspecified atom stereocenters. The number of carbonyl (C=O) groups is 1. The number of rotatable bonds is 2. The number of fused-ring (bicyclic) bond motifs is 1. The van der Waals surface area contributed by atoms with Crippen LogP contribution in [0.15, 0.2) is 0 Å². The zero-order valence-corrected chi connectivity index (χ0v) is 11.6. The number of hydrogen-bond donors (Lipinski definition) is 2. The van der Waals surface area contributed by atoms with Gasteiger partial charge in [-0.15, -0.1) is 5.10 Å². The van der Waals surface area contributed by atoms with Crippen LogP contribution in [0.2, 0.25) is 0 Å². The predicted molar refractivity (Wildman–Crippen MR) is 70.7 cm³/mol. The Bertz CT molecular complexity index is 463.